The molecular formula is C32H37N5O2. The number of benzene rings is 3. The number of aliphatic hydroxyl groups is 1. The maximum Gasteiger partial charge on any atom is 0.157 e. The first-order valence-corrected chi connectivity index (χ1v) is 14.0. The molecule has 39 heavy (non-hydrogen) atoms. The van der Waals surface area contributed by atoms with E-state index in [2.05, 4.69) is 48.8 Å². The molecule has 4 aromatic rings. The van der Waals surface area contributed by atoms with Crippen LogP contribution >= 0.6 is 0 Å². The SMILES string of the molecule is COc1cccc(C(O)(c2ccccc2)C2CCN(CCCN3Cc4nnc(C)n4-c4ccccc43)CC2)c1. The number of aryl methyl sites for hydroxylation is 1. The molecule has 7 heteroatoms. The van der Waals surface area contributed by atoms with E-state index < -0.39 is 5.60 Å². The summed E-state index contributed by atoms with van der Waals surface area (Å²) >= 11 is 0. The predicted octanol–water partition coefficient (Wildman–Crippen LogP) is 4.94. The molecule has 0 bridgehead atoms. The molecule has 3 heterocycles. The highest BCUT2D eigenvalue weighted by Gasteiger charge is 2.41. The topological polar surface area (TPSA) is 66.7 Å². The fourth-order valence-electron chi connectivity index (χ4n) is 6.45. The number of fused-ring (bicyclic) bond motifs is 3. The Bertz CT molecular complexity index is 1410. The Hall–Kier alpha value is -3.68. The summed E-state index contributed by atoms with van der Waals surface area (Å²) in [6.45, 7) is 6.77. The molecule has 6 rings (SSSR count). The Morgan fingerprint density at radius 2 is 1.59 bits per heavy atom. The van der Waals surface area contributed by atoms with Crippen LogP contribution in [0.3, 0.4) is 0 Å². The van der Waals surface area contributed by atoms with Crippen molar-refractivity contribution >= 4 is 5.69 Å². The van der Waals surface area contributed by atoms with Gasteiger partial charge in [0.2, 0.25) is 0 Å². The first-order chi connectivity index (χ1) is 19.1. The molecule has 1 fully saturated rings. The van der Waals surface area contributed by atoms with Crippen molar-refractivity contribution in [3.63, 3.8) is 0 Å². The van der Waals surface area contributed by atoms with Crippen LogP contribution in [0.25, 0.3) is 5.69 Å². The summed E-state index contributed by atoms with van der Waals surface area (Å²) in [4.78, 5) is 4.98. The van der Waals surface area contributed by atoms with Gasteiger partial charge in [-0.25, -0.2) is 0 Å². The number of likely N-dealkylation sites (tertiary alicyclic amines) is 1. The van der Waals surface area contributed by atoms with Gasteiger partial charge in [-0.3, -0.25) is 4.57 Å². The monoisotopic (exact) mass is 523 g/mol. The Kier molecular flexibility index (Phi) is 7.11. The molecule has 2 aliphatic rings. The molecule has 202 valence electrons. The van der Waals surface area contributed by atoms with Gasteiger partial charge in [0.05, 0.1) is 25.0 Å². The minimum Gasteiger partial charge on any atom is -0.497 e. The van der Waals surface area contributed by atoms with Crippen LogP contribution in [0.4, 0.5) is 5.69 Å². The quantitative estimate of drug-likeness (QED) is 0.353. The van der Waals surface area contributed by atoms with Crippen LogP contribution in [0.15, 0.2) is 78.9 Å². The van der Waals surface area contributed by atoms with Gasteiger partial charge >= 0.3 is 0 Å². The average molecular weight is 524 g/mol. The number of piperidine rings is 1. The molecule has 1 unspecified atom stereocenters. The van der Waals surface area contributed by atoms with E-state index in [-0.39, 0.29) is 5.92 Å². The van der Waals surface area contributed by atoms with Crippen LogP contribution in [-0.4, -0.2) is 58.1 Å². The lowest BCUT2D eigenvalue weighted by molar-refractivity contribution is -0.0143. The summed E-state index contributed by atoms with van der Waals surface area (Å²) in [5, 5.41) is 21.1. The lowest BCUT2D eigenvalue weighted by Crippen LogP contribution is -2.44. The third kappa shape index (κ3) is 4.81. The highest BCUT2D eigenvalue weighted by molar-refractivity contribution is 5.65. The van der Waals surface area contributed by atoms with Crippen molar-refractivity contribution in [3.05, 3.63) is 102 Å². The van der Waals surface area contributed by atoms with Gasteiger partial charge in [-0.1, -0.05) is 54.6 Å². The number of anilines is 1. The van der Waals surface area contributed by atoms with E-state index in [0.717, 1.165) is 80.5 Å². The third-order valence-corrected chi connectivity index (χ3v) is 8.49. The highest BCUT2D eigenvalue weighted by atomic mass is 16.5. The fourth-order valence-corrected chi connectivity index (χ4v) is 6.45. The summed E-state index contributed by atoms with van der Waals surface area (Å²) in [6, 6.07) is 26.6. The van der Waals surface area contributed by atoms with Gasteiger partial charge in [0.1, 0.15) is 17.2 Å². The summed E-state index contributed by atoms with van der Waals surface area (Å²) in [6.07, 6.45) is 2.96. The highest BCUT2D eigenvalue weighted by Crippen LogP contribution is 2.43. The summed E-state index contributed by atoms with van der Waals surface area (Å²) < 4.78 is 7.67. The van der Waals surface area contributed by atoms with Gasteiger partial charge < -0.3 is 19.6 Å². The molecule has 1 aromatic heterocycles. The molecule has 1 atom stereocenters. The lowest BCUT2D eigenvalue weighted by atomic mass is 9.72. The molecule has 0 amide bonds. The molecule has 0 saturated carbocycles. The predicted molar refractivity (Wildman–Crippen MR) is 153 cm³/mol. The Morgan fingerprint density at radius 1 is 0.872 bits per heavy atom. The normalized spacial score (nSPS) is 17.4. The van der Waals surface area contributed by atoms with Gasteiger partial charge in [-0.05, 0) is 87.1 Å². The van der Waals surface area contributed by atoms with E-state index in [1.165, 1.54) is 11.4 Å². The molecule has 0 radical (unpaired) electrons. The van der Waals surface area contributed by atoms with E-state index >= 15 is 0 Å². The van der Waals surface area contributed by atoms with Gasteiger partial charge in [0, 0.05) is 6.54 Å². The Balaban J connectivity index is 1.11. The zero-order valence-electron chi connectivity index (χ0n) is 22.8. The van der Waals surface area contributed by atoms with E-state index in [1.807, 2.05) is 61.5 Å². The van der Waals surface area contributed by atoms with Crippen LogP contribution in [0.5, 0.6) is 5.75 Å². The van der Waals surface area contributed by atoms with Gasteiger partial charge in [0.25, 0.3) is 0 Å². The average Bonchev–Trinajstić information content (AvgIpc) is 3.38. The van der Waals surface area contributed by atoms with E-state index in [1.54, 1.807) is 7.11 Å². The maximum absolute atomic E-state index is 12.3. The van der Waals surface area contributed by atoms with Crippen LogP contribution in [0.1, 0.15) is 42.0 Å². The number of methoxy groups -OCH3 is 1. The number of para-hydroxylation sites is 2. The maximum atomic E-state index is 12.3. The van der Waals surface area contributed by atoms with Crippen LogP contribution < -0.4 is 9.64 Å². The van der Waals surface area contributed by atoms with Gasteiger partial charge in [0.15, 0.2) is 5.82 Å². The van der Waals surface area contributed by atoms with E-state index in [0.29, 0.717) is 0 Å². The lowest BCUT2D eigenvalue weighted by Gasteiger charge is -2.42. The van der Waals surface area contributed by atoms with Crippen LogP contribution in [0, 0.1) is 12.8 Å². The molecule has 0 spiro atoms. The largest absolute Gasteiger partial charge is 0.497 e. The van der Waals surface area contributed by atoms with Crippen molar-refractivity contribution in [2.24, 2.45) is 5.92 Å². The molecule has 0 aliphatic carbocycles. The molecule has 7 nitrogen and oxygen atoms in total. The number of aromatic nitrogens is 3. The minimum atomic E-state index is -1.05. The Labute approximate surface area is 230 Å². The van der Waals surface area contributed by atoms with Crippen molar-refractivity contribution in [2.45, 2.75) is 38.3 Å². The Morgan fingerprint density at radius 3 is 2.36 bits per heavy atom. The molecule has 3 aromatic carbocycles. The second-order valence-electron chi connectivity index (χ2n) is 10.7. The summed E-state index contributed by atoms with van der Waals surface area (Å²) in [7, 11) is 1.67. The number of rotatable bonds is 8. The van der Waals surface area contributed by atoms with Crippen molar-refractivity contribution in [2.75, 3.05) is 38.2 Å². The van der Waals surface area contributed by atoms with Crippen molar-refractivity contribution in [1.29, 1.82) is 0 Å². The molecular weight excluding hydrogens is 486 g/mol. The summed E-state index contributed by atoms with van der Waals surface area (Å²) in [5.74, 6) is 2.84. The van der Waals surface area contributed by atoms with Crippen molar-refractivity contribution < 1.29 is 9.84 Å². The summed E-state index contributed by atoms with van der Waals surface area (Å²) in [5.41, 5.74) is 3.22. The second-order valence-corrected chi connectivity index (χ2v) is 10.7. The van der Waals surface area contributed by atoms with Crippen molar-refractivity contribution in [3.8, 4) is 11.4 Å². The number of ether oxygens (including phenoxy) is 1. The van der Waals surface area contributed by atoms with E-state index in [4.69, 9.17) is 4.74 Å². The molecule has 1 saturated heterocycles. The zero-order valence-corrected chi connectivity index (χ0v) is 22.8. The minimum absolute atomic E-state index is 0.131. The van der Waals surface area contributed by atoms with Gasteiger partial charge in [-0.2, -0.15) is 0 Å². The first-order valence-electron chi connectivity index (χ1n) is 14.0. The number of nitrogens with zero attached hydrogens (tertiary/aromatic N) is 5. The third-order valence-electron chi connectivity index (χ3n) is 8.49. The second kappa shape index (κ2) is 10.8. The fraction of sp³-hybridized carbons (Fsp3) is 0.375. The molecule has 1 N–H and O–H groups in total. The van der Waals surface area contributed by atoms with Crippen LogP contribution in [-0.2, 0) is 12.1 Å². The van der Waals surface area contributed by atoms with Crippen molar-refractivity contribution in [1.82, 2.24) is 19.7 Å². The zero-order chi connectivity index (χ0) is 26.8. The smallest absolute Gasteiger partial charge is 0.157 e. The molecule has 2 aliphatic heterocycles. The van der Waals surface area contributed by atoms with E-state index in [9.17, 15) is 5.11 Å². The van der Waals surface area contributed by atoms with Gasteiger partial charge in [-0.15, -0.1) is 10.2 Å². The number of hydrogen-bond donors (Lipinski definition) is 1. The van der Waals surface area contributed by atoms with Crippen LogP contribution in [0.2, 0.25) is 0 Å². The number of hydrogen-bond acceptors (Lipinski definition) is 6. The standard InChI is InChI=1S/C32H37N5O2/c1-24-33-34-31-23-36(29-14-6-7-15-30(29)37(24)31)19-9-18-35-20-16-26(17-21-35)32(38,25-10-4-3-5-11-25)27-12-8-13-28(22-27)39-2/h3-8,10-15,22,26,38H,9,16-21,23H2,1-2H3. The first kappa shape index (κ1) is 25.6.